The zero-order chi connectivity index (χ0) is 24.2. The average molecular weight is 487 g/mol. The Kier molecular flexibility index (Phi) is 6.73. The van der Waals surface area contributed by atoms with Crippen LogP contribution in [0.1, 0.15) is 44.0 Å². The SMILES string of the molecule is COc1ccc(-c2nnc(SCC(O)=C(C#N)c3nc4ccccc4[nH]3)n2C2CCCCC2)cc1. The molecule has 2 N–H and O–H groups in total. The molecule has 1 aliphatic rings. The number of nitrogens with zero attached hydrogens (tertiary/aromatic N) is 5. The fourth-order valence-corrected chi connectivity index (χ4v) is 5.39. The first-order chi connectivity index (χ1) is 17.2. The van der Waals surface area contributed by atoms with Crippen molar-refractivity contribution in [3.8, 4) is 23.2 Å². The van der Waals surface area contributed by atoms with Gasteiger partial charge in [0.15, 0.2) is 16.8 Å². The molecule has 1 fully saturated rings. The molecule has 2 heterocycles. The first-order valence-corrected chi connectivity index (χ1v) is 12.7. The van der Waals surface area contributed by atoms with E-state index < -0.39 is 0 Å². The number of allylic oxidation sites excluding steroid dienone is 1. The normalized spacial score (nSPS) is 15.1. The van der Waals surface area contributed by atoms with Gasteiger partial charge < -0.3 is 14.8 Å². The summed E-state index contributed by atoms with van der Waals surface area (Å²) in [7, 11) is 1.65. The summed E-state index contributed by atoms with van der Waals surface area (Å²) >= 11 is 1.38. The highest BCUT2D eigenvalue weighted by Crippen LogP contribution is 2.36. The van der Waals surface area contributed by atoms with Gasteiger partial charge in [0, 0.05) is 11.6 Å². The number of hydrogen-bond donors (Lipinski definition) is 2. The van der Waals surface area contributed by atoms with Gasteiger partial charge in [0.2, 0.25) is 0 Å². The number of methoxy groups -OCH3 is 1. The number of H-pyrrole nitrogens is 1. The van der Waals surface area contributed by atoms with E-state index in [1.165, 1.54) is 31.0 Å². The van der Waals surface area contributed by atoms with E-state index in [1.807, 2.05) is 48.5 Å². The number of aromatic amines is 1. The molecule has 0 spiro atoms. The summed E-state index contributed by atoms with van der Waals surface area (Å²) in [6, 6.07) is 17.8. The van der Waals surface area contributed by atoms with E-state index >= 15 is 0 Å². The number of fused-ring (bicyclic) bond motifs is 1. The van der Waals surface area contributed by atoms with Crippen molar-refractivity contribution in [2.75, 3.05) is 12.9 Å². The van der Waals surface area contributed by atoms with Crippen LogP contribution in [-0.2, 0) is 0 Å². The molecule has 2 aromatic carbocycles. The molecule has 35 heavy (non-hydrogen) atoms. The summed E-state index contributed by atoms with van der Waals surface area (Å²) in [5, 5.41) is 30.3. The molecular formula is C26H26N6O2S. The van der Waals surface area contributed by atoms with Crippen LogP contribution >= 0.6 is 11.8 Å². The third kappa shape index (κ3) is 4.75. The number of imidazole rings is 1. The molecule has 0 amide bonds. The van der Waals surface area contributed by atoms with Gasteiger partial charge in [0.25, 0.3) is 0 Å². The molecule has 1 saturated carbocycles. The number of aliphatic hydroxyl groups excluding tert-OH is 1. The first-order valence-electron chi connectivity index (χ1n) is 11.7. The van der Waals surface area contributed by atoms with Gasteiger partial charge in [-0.1, -0.05) is 43.2 Å². The molecule has 1 aliphatic carbocycles. The quantitative estimate of drug-likeness (QED) is 0.189. The highest BCUT2D eigenvalue weighted by Gasteiger charge is 2.24. The van der Waals surface area contributed by atoms with Gasteiger partial charge in [-0.2, -0.15) is 5.26 Å². The minimum Gasteiger partial charge on any atom is -0.510 e. The van der Waals surface area contributed by atoms with Crippen LogP contribution in [0.5, 0.6) is 5.75 Å². The molecule has 9 heteroatoms. The lowest BCUT2D eigenvalue weighted by Crippen LogP contribution is -2.15. The zero-order valence-corrected chi connectivity index (χ0v) is 20.3. The van der Waals surface area contributed by atoms with Gasteiger partial charge in [0.05, 0.1) is 23.9 Å². The van der Waals surface area contributed by atoms with Gasteiger partial charge >= 0.3 is 0 Å². The summed E-state index contributed by atoms with van der Waals surface area (Å²) in [6.45, 7) is 0. The lowest BCUT2D eigenvalue weighted by Gasteiger charge is -2.25. The Balaban J connectivity index is 1.44. The second kappa shape index (κ2) is 10.2. The van der Waals surface area contributed by atoms with Crippen molar-refractivity contribution in [1.29, 1.82) is 5.26 Å². The monoisotopic (exact) mass is 486 g/mol. The van der Waals surface area contributed by atoms with E-state index in [9.17, 15) is 10.4 Å². The standard InChI is InChI=1S/C26H26N6O2S/c1-34-19-13-11-17(12-14-19)25-30-31-26(32(25)18-7-3-2-4-8-18)35-16-23(33)20(15-27)24-28-21-9-5-6-10-22(21)29-24/h5-6,9-14,18,33H,2-4,7-8,16H2,1H3,(H,28,29). The average Bonchev–Trinajstić information content (AvgIpc) is 3.53. The predicted molar refractivity (Wildman–Crippen MR) is 136 cm³/mol. The van der Waals surface area contributed by atoms with Gasteiger partial charge in [-0.25, -0.2) is 4.98 Å². The smallest absolute Gasteiger partial charge is 0.192 e. The summed E-state index contributed by atoms with van der Waals surface area (Å²) in [5.74, 6) is 2.10. The summed E-state index contributed by atoms with van der Waals surface area (Å²) in [5.41, 5.74) is 2.66. The number of para-hydroxylation sites is 2. The summed E-state index contributed by atoms with van der Waals surface area (Å²) in [4.78, 5) is 7.58. The van der Waals surface area contributed by atoms with E-state index in [1.54, 1.807) is 7.11 Å². The maximum absolute atomic E-state index is 10.8. The highest BCUT2D eigenvalue weighted by atomic mass is 32.2. The third-order valence-electron chi connectivity index (χ3n) is 6.32. The Morgan fingerprint density at radius 3 is 2.63 bits per heavy atom. The maximum atomic E-state index is 10.8. The van der Waals surface area contributed by atoms with E-state index in [0.29, 0.717) is 11.9 Å². The second-order valence-electron chi connectivity index (χ2n) is 8.52. The number of ether oxygens (including phenoxy) is 1. The highest BCUT2D eigenvalue weighted by molar-refractivity contribution is 7.99. The topological polar surface area (TPSA) is 113 Å². The molecule has 4 aromatic rings. The fraction of sp³-hybridized carbons (Fsp3) is 0.308. The Hall–Kier alpha value is -3.77. The Labute approximate surface area is 207 Å². The third-order valence-corrected chi connectivity index (χ3v) is 7.27. The van der Waals surface area contributed by atoms with Crippen molar-refractivity contribution in [1.82, 2.24) is 24.7 Å². The number of aliphatic hydroxyl groups is 1. The Bertz CT molecular complexity index is 1360. The largest absolute Gasteiger partial charge is 0.510 e. The summed E-state index contributed by atoms with van der Waals surface area (Å²) in [6.07, 6.45) is 5.72. The van der Waals surface area contributed by atoms with Crippen LogP contribution in [0.25, 0.3) is 28.0 Å². The minimum atomic E-state index is -0.0410. The molecule has 0 aliphatic heterocycles. The van der Waals surface area contributed by atoms with Crippen molar-refractivity contribution < 1.29 is 9.84 Å². The first kappa shape index (κ1) is 23.0. The van der Waals surface area contributed by atoms with Crippen LogP contribution in [-0.4, -0.2) is 42.7 Å². The maximum Gasteiger partial charge on any atom is 0.192 e. The van der Waals surface area contributed by atoms with E-state index in [4.69, 9.17) is 4.74 Å². The number of nitrogens with one attached hydrogen (secondary N) is 1. The predicted octanol–water partition coefficient (Wildman–Crippen LogP) is 5.92. The van der Waals surface area contributed by atoms with Crippen molar-refractivity contribution in [2.24, 2.45) is 0 Å². The Morgan fingerprint density at radius 1 is 1.14 bits per heavy atom. The van der Waals surface area contributed by atoms with Gasteiger partial charge in [-0.15, -0.1) is 10.2 Å². The lowest BCUT2D eigenvalue weighted by atomic mass is 9.95. The van der Waals surface area contributed by atoms with Crippen LogP contribution in [0, 0.1) is 11.3 Å². The second-order valence-corrected chi connectivity index (χ2v) is 9.46. The molecule has 2 aromatic heterocycles. The number of benzene rings is 2. The molecule has 0 saturated heterocycles. The number of rotatable bonds is 7. The van der Waals surface area contributed by atoms with Crippen LogP contribution < -0.4 is 4.74 Å². The Morgan fingerprint density at radius 2 is 1.91 bits per heavy atom. The summed E-state index contributed by atoms with van der Waals surface area (Å²) < 4.78 is 7.50. The molecule has 8 nitrogen and oxygen atoms in total. The van der Waals surface area contributed by atoms with E-state index in [0.717, 1.165) is 46.2 Å². The van der Waals surface area contributed by atoms with Crippen molar-refractivity contribution in [3.05, 3.63) is 60.1 Å². The van der Waals surface area contributed by atoms with Crippen LogP contribution in [0.4, 0.5) is 0 Å². The van der Waals surface area contributed by atoms with Crippen LogP contribution in [0.2, 0.25) is 0 Å². The van der Waals surface area contributed by atoms with Gasteiger partial charge in [-0.3, -0.25) is 4.57 Å². The molecule has 178 valence electrons. The molecule has 5 rings (SSSR count). The molecule has 0 radical (unpaired) electrons. The molecular weight excluding hydrogens is 460 g/mol. The van der Waals surface area contributed by atoms with Gasteiger partial charge in [0.1, 0.15) is 23.2 Å². The van der Waals surface area contributed by atoms with Gasteiger partial charge in [-0.05, 0) is 49.2 Å². The van der Waals surface area contributed by atoms with Crippen LogP contribution in [0.15, 0.2) is 59.4 Å². The number of thioether (sulfide) groups is 1. The van der Waals surface area contributed by atoms with E-state index in [2.05, 4.69) is 30.8 Å². The molecule has 0 unspecified atom stereocenters. The number of nitriles is 1. The van der Waals surface area contributed by atoms with E-state index in [-0.39, 0.29) is 17.1 Å². The minimum absolute atomic E-state index is 0.0410. The van der Waals surface area contributed by atoms with Crippen molar-refractivity contribution in [2.45, 2.75) is 43.3 Å². The molecule has 0 bridgehead atoms. The zero-order valence-electron chi connectivity index (χ0n) is 19.4. The van der Waals surface area contributed by atoms with Crippen molar-refractivity contribution in [3.63, 3.8) is 0 Å². The van der Waals surface area contributed by atoms with Crippen LogP contribution in [0.3, 0.4) is 0 Å². The number of hydrogen-bond acceptors (Lipinski definition) is 7. The number of aromatic nitrogens is 5. The van der Waals surface area contributed by atoms with Crippen molar-refractivity contribution >= 4 is 28.4 Å². The molecule has 0 atom stereocenters. The lowest BCUT2D eigenvalue weighted by molar-refractivity contribution is 0.339. The fourth-order valence-electron chi connectivity index (χ4n) is 4.51.